The van der Waals surface area contributed by atoms with E-state index in [-0.39, 0.29) is 0 Å². The van der Waals surface area contributed by atoms with Gasteiger partial charge in [-0.1, -0.05) is 44.2 Å². The van der Waals surface area contributed by atoms with Crippen LogP contribution in [0.2, 0.25) is 0 Å². The molecule has 0 amide bonds. The van der Waals surface area contributed by atoms with Crippen LogP contribution in [-0.2, 0) is 12.6 Å². The number of H-pyrrole nitrogens is 1. The zero-order valence-corrected chi connectivity index (χ0v) is 16.4. The topological polar surface area (TPSA) is 41.8 Å². The minimum atomic E-state index is -4.33. The molecule has 0 saturated heterocycles. The molecule has 3 aromatic rings. The number of rotatable bonds is 7. The van der Waals surface area contributed by atoms with Crippen LogP contribution in [0.4, 0.5) is 13.2 Å². The van der Waals surface area contributed by atoms with Crippen LogP contribution in [0.15, 0.2) is 42.5 Å². The number of aryl methyl sites for hydroxylation is 1. The van der Waals surface area contributed by atoms with Crippen molar-refractivity contribution in [1.29, 1.82) is 0 Å². The van der Waals surface area contributed by atoms with Crippen molar-refractivity contribution in [3.63, 3.8) is 0 Å². The summed E-state index contributed by atoms with van der Waals surface area (Å²) in [6.07, 6.45) is -0.588. The summed E-state index contributed by atoms with van der Waals surface area (Å²) in [5.41, 5.74) is 10.2. The third-order valence-electron chi connectivity index (χ3n) is 5.50. The zero-order chi connectivity index (χ0) is 20.3. The Balaban J connectivity index is 2.13. The summed E-state index contributed by atoms with van der Waals surface area (Å²) >= 11 is 0. The normalized spacial score (nSPS) is 13.2. The van der Waals surface area contributed by atoms with E-state index >= 15 is 0 Å². The number of aromatic nitrogens is 1. The maximum atomic E-state index is 12.9. The second-order valence-corrected chi connectivity index (χ2v) is 7.38. The smallest absolute Gasteiger partial charge is 0.354 e. The molecule has 1 aromatic heterocycles. The summed E-state index contributed by atoms with van der Waals surface area (Å²) in [4.78, 5) is 3.54. The molecule has 150 valence electrons. The number of benzene rings is 2. The Morgan fingerprint density at radius 2 is 1.75 bits per heavy atom. The number of aromatic amines is 1. The molecule has 0 aliphatic heterocycles. The fourth-order valence-electron chi connectivity index (χ4n) is 3.70. The number of halogens is 3. The summed E-state index contributed by atoms with van der Waals surface area (Å²) in [5.74, 6) is 0.402. The van der Waals surface area contributed by atoms with Crippen LogP contribution in [0.5, 0.6) is 0 Å². The van der Waals surface area contributed by atoms with Crippen molar-refractivity contribution in [2.45, 2.75) is 51.6 Å². The lowest BCUT2D eigenvalue weighted by molar-refractivity contribution is -0.137. The molecule has 2 aromatic carbocycles. The average molecular weight is 388 g/mol. The number of fused-ring (bicyclic) bond motifs is 1. The van der Waals surface area contributed by atoms with Gasteiger partial charge in [0.05, 0.1) is 5.56 Å². The first-order valence-electron chi connectivity index (χ1n) is 9.88. The van der Waals surface area contributed by atoms with E-state index in [1.165, 1.54) is 5.56 Å². The Kier molecular flexibility index (Phi) is 6.14. The number of nitrogens with one attached hydrogen (secondary N) is 1. The van der Waals surface area contributed by atoms with Crippen molar-refractivity contribution in [2.24, 2.45) is 5.73 Å². The van der Waals surface area contributed by atoms with Crippen LogP contribution >= 0.6 is 0 Å². The predicted molar refractivity (Wildman–Crippen MR) is 109 cm³/mol. The van der Waals surface area contributed by atoms with Gasteiger partial charge >= 0.3 is 6.18 Å². The van der Waals surface area contributed by atoms with E-state index < -0.39 is 11.7 Å². The lowest BCUT2D eigenvalue weighted by atomic mass is 9.94. The van der Waals surface area contributed by atoms with E-state index in [9.17, 15) is 13.2 Å². The van der Waals surface area contributed by atoms with E-state index in [1.54, 1.807) is 12.1 Å². The summed E-state index contributed by atoms with van der Waals surface area (Å²) < 4.78 is 38.8. The Labute approximate surface area is 164 Å². The molecule has 1 atom stereocenters. The Morgan fingerprint density at radius 1 is 1.04 bits per heavy atom. The molecular weight excluding hydrogens is 361 g/mol. The summed E-state index contributed by atoms with van der Waals surface area (Å²) in [7, 11) is 0. The molecule has 3 rings (SSSR count). The van der Waals surface area contributed by atoms with Gasteiger partial charge in [-0.3, -0.25) is 0 Å². The van der Waals surface area contributed by atoms with Gasteiger partial charge in [0.1, 0.15) is 0 Å². The molecule has 0 fully saturated rings. The molecule has 3 N–H and O–H groups in total. The van der Waals surface area contributed by atoms with Crippen molar-refractivity contribution in [1.82, 2.24) is 4.98 Å². The summed E-state index contributed by atoms with van der Waals surface area (Å²) in [6.45, 7) is 4.99. The molecule has 1 unspecified atom stereocenters. The van der Waals surface area contributed by atoms with Crippen molar-refractivity contribution in [3.8, 4) is 11.3 Å². The van der Waals surface area contributed by atoms with Gasteiger partial charge in [0.2, 0.25) is 0 Å². The number of hydrogen-bond acceptors (Lipinski definition) is 1. The third kappa shape index (κ3) is 4.09. The molecule has 0 aliphatic rings. The first kappa shape index (κ1) is 20.5. The second-order valence-electron chi connectivity index (χ2n) is 7.38. The van der Waals surface area contributed by atoms with E-state index in [2.05, 4.69) is 37.0 Å². The van der Waals surface area contributed by atoms with Gasteiger partial charge in [-0.2, -0.15) is 13.2 Å². The maximum absolute atomic E-state index is 12.9. The zero-order valence-electron chi connectivity index (χ0n) is 16.4. The lowest BCUT2D eigenvalue weighted by Gasteiger charge is -2.10. The van der Waals surface area contributed by atoms with Crippen LogP contribution in [0.25, 0.3) is 22.2 Å². The monoisotopic (exact) mass is 388 g/mol. The van der Waals surface area contributed by atoms with Crippen LogP contribution in [-0.4, -0.2) is 11.5 Å². The molecule has 0 saturated carbocycles. The lowest BCUT2D eigenvalue weighted by Crippen LogP contribution is -2.04. The second kappa shape index (κ2) is 8.39. The van der Waals surface area contributed by atoms with E-state index in [1.807, 2.05) is 0 Å². The molecule has 0 aliphatic carbocycles. The number of alkyl halides is 3. The Bertz CT molecular complexity index is 923. The average Bonchev–Trinajstić information content (AvgIpc) is 3.06. The molecule has 0 bridgehead atoms. The van der Waals surface area contributed by atoms with Crippen molar-refractivity contribution in [2.75, 3.05) is 6.54 Å². The summed E-state index contributed by atoms with van der Waals surface area (Å²) in [6, 6.07) is 11.7. The van der Waals surface area contributed by atoms with Crippen LogP contribution in [0.3, 0.4) is 0 Å². The molecule has 5 heteroatoms. The van der Waals surface area contributed by atoms with Crippen LogP contribution in [0.1, 0.15) is 55.7 Å². The highest BCUT2D eigenvalue weighted by Crippen LogP contribution is 2.37. The molecular formula is C23H27F3N2. The van der Waals surface area contributed by atoms with E-state index in [0.717, 1.165) is 65.5 Å². The van der Waals surface area contributed by atoms with Crippen molar-refractivity contribution >= 4 is 10.9 Å². The van der Waals surface area contributed by atoms with Crippen LogP contribution < -0.4 is 5.73 Å². The minimum Gasteiger partial charge on any atom is -0.354 e. The SMILES string of the molecule is CCC(C)c1cccc2c(CCCCN)c(-c3ccc(C(F)(F)F)cc3)[nH]c12. The van der Waals surface area contributed by atoms with Gasteiger partial charge in [0.25, 0.3) is 0 Å². The third-order valence-corrected chi connectivity index (χ3v) is 5.50. The molecule has 0 radical (unpaired) electrons. The maximum Gasteiger partial charge on any atom is 0.416 e. The Morgan fingerprint density at radius 3 is 2.36 bits per heavy atom. The number of para-hydroxylation sites is 1. The fourth-order valence-corrected chi connectivity index (χ4v) is 3.70. The highest BCUT2D eigenvalue weighted by atomic mass is 19.4. The minimum absolute atomic E-state index is 0.402. The molecule has 28 heavy (non-hydrogen) atoms. The van der Waals surface area contributed by atoms with Gasteiger partial charge in [-0.25, -0.2) is 0 Å². The van der Waals surface area contributed by atoms with Crippen LogP contribution in [0, 0.1) is 0 Å². The standard InChI is InChI=1S/C23H27F3N2/c1-3-15(2)18-8-6-9-20-19(7-4-5-14-27)21(28-22(18)20)16-10-12-17(13-11-16)23(24,25)26/h6,8-13,15,28H,3-5,7,14,27H2,1-2H3. The van der Waals surface area contributed by atoms with E-state index in [0.29, 0.717) is 12.5 Å². The fraction of sp³-hybridized carbons (Fsp3) is 0.391. The van der Waals surface area contributed by atoms with E-state index in [4.69, 9.17) is 5.73 Å². The Hall–Kier alpha value is -2.27. The quantitative estimate of drug-likeness (QED) is 0.437. The largest absolute Gasteiger partial charge is 0.416 e. The first-order valence-corrected chi connectivity index (χ1v) is 9.88. The molecule has 2 nitrogen and oxygen atoms in total. The number of unbranched alkanes of at least 4 members (excludes halogenated alkanes) is 1. The summed E-state index contributed by atoms with van der Waals surface area (Å²) in [5, 5.41) is 1.16. The molecule has 1 heterocycles. The first-order chi connectivity index (χ1) is 13.4. The number of hydrogen-bond donors (Lipinski definition) is 2. The van der Waals surface area contributed by atoms with Gasteiger partial charge in [0, 0.05) is 16.6 Å². The van der Waals surface area contributed by atoms with Gasteiger partial charge in [-0.15, -0.1) is 0 Å². The van der Waals surface area contributed by atoms with Gasteiger partial charge < -0.3 is 10.7 Å². The van der Waals surface area contributed by atoms with Crippen molar-refractivity contribution < 1.29 is 13.2 Å². The van der Waals surface area contributed by atoms with Gasteiger partial charge in [0.15, 0.2) is 0 Å². The molecule has 0 spiro atoms. The van der Waals surface area contributed by atoms with Crippen molar-refractivity contribution in [3.05, 3.63) is 59.2 Å². The predicted octanol–water partition coefficient (Wildman–Crippen LogP) is 6.65. The number of nitrogens with two attached hydrogens (primary N) is 1. The highest BCUT2D eigenvalue weighted by molar-refractivity contribution is 5.93. The highest BCUT2D eigenvalue weighted by Gasteiger charge is 2.30. The van der Waals surface area contributed by atoms with Gasteiger partial charge in [-0.05, 0) is 67.0 Å².